The zero-order chi connectivity index (χ0) is 20.3. The highest BCUT2D eigenvalue weighted by atomic mass is 35.5. The van der Waals surface area contributed by atoms with E-state index in [1.807, 2.05) is 7.05 Å². The third-order valence-electron chi connectivity index (χ3n) is 4.59. The molecular formula is C19H19ClN4O4. The van der Waals surface area contributed by atoms with Crippen LogP contribution in [0.5, 0.6) is 0 Å². The Labute approximate surface area is 166 Å². The van der Waals surface area contributed by atoms with Gasteiger partial charge in [-0.2, -0.15) is 0 Å². The second-order valence-electron chi connectivity index (χ2n) is 6.55. The van der Waals surface area contributed by atoms with Gasteiger partial charge in [-0.3, -0.25) is 19.7 Å². The molecule has 1 fully saturated rings. The van der Waals surface area contributed by atoms with Crippen LogP contribution in [0.2, 0.25) is 5.02 Å². The number of nitrogens with zero attached hydrogens (tertiary/aromatic N) is 3. The predicted molar refractivity (Wildman–Crippen MR) is 106 cm³/mol. The van der Waals surface area contributed by atoms with E-state index in [4.69, 9.17) is 11.6 Å². The van der Waals surface area contributed by atoms with Gasteiger partial charge in [-0.15, -0.1) is 0 Å². The first-order chi connectivity index (χ1) is 13.3. The molecule has 2 aromatic rings. The number of anilines is 1. The fourth-order valence-electron chi connectivity index (χ4n) is 2.89. The molecule has 3 rings (SSSR count). The van der Waals surface area contributed by atoms with Crippen molar-refractivity contribution >= 4 is 34.8 Å². The molecule has 2 aromatic carbocycles. The van der Waals surface area contributed by atoms with E-state index in [1.165, 1.54) is 12.1 Å². The topological polar surface area (TPSA) is 95.8 Å². The normalized spacial score (nSPS) is 14.6. The van der Waals surface area contributed by atoms with Crippen LogP contribution in [0.15, 0.2) is 42.5 Å². The molecule has 0 aliphatic carbocycles. The highest BCUT2D eigenvalue weighted by Gasteiger charge is 2.20. The van der Waals surface area contributed by atoms with Crippen molar-refractivity contribution in [3.8, 4) is 0 Å². The molecule has 0 atom stereocenters. The summed E-state index contributed by atoms with van der Waals surface area (Å²) in [6, 6.07) is 10.4. The van der Waals surface area contributed by atoms with Gasteiger partial charge in [0, 0.05) is 49.1 Å². The van der Waals surface area contributed by atoms with Crippen LogP contribution in [-0.4, -0.2) is 59.8 Å². The Hall–Kier alpha value is -2.97. The smallest absolute Gasteiger partial charge is 0.288 e. The number of carbonyl (C=O) groups excluding carboxylic acids is 2. The maximum atomic E-state index is 12.5. The van der Waals surface area contributed by atoms with Crippen molar-refractivity contribution in [3.63, 3.8) is 0 Å². The highest BCUT2D eigenvalue weighted by molar-refractivity contribution is 6.32. The number of nitrogens with one attached hydrogen (secondary N) is 1. The zero-order valence-electron chi connectivity index (χ0n) is 15.2. The Bertz CT molecular complexity index is 909. The summed E-state index contributed by atoms with van der Waals surface area (Å²) in [4.78, 5) is 39.2. The number of amides is 2. The van der Waals surface area contributed by atoms with Gasteiger partial charge in [-0.1, -0.05) is 11.6 Å². The molecule has 9 heteroatoms. The molecule has 1 heterocycles. The van der Waals surface area contributed by atoms with Crippen LogP contribution in [0.3, 0.4) is 0 Å². The lowest BCUT2D eigenvalue weighted by molar-refractivity contribution is -0.384. The Balaban J connectivity index is 1.67. The van der Waals surface area contributed by atoms with Crippen molar-refractivity contribution in [1.82, 2.24) is 9.80 Å². The van der Waals surface area contributed by atoms with Gasteiger partial charge in [0.05, 0.1) is 4.92 Å². The molecule has 8 nitrogen and oxygen atoms in total. The Morgan fingerprint density at radius 1 is 1.04 bits per heavy atom. The molecular weight excluding hydrogens is 384 g/mol. The molecule has 0 aromatic heterocycles. The van der Waals surface area contributed by atoms with E-state index in [-0.39, 0.29) is 22.2 Å². The molecule has 0 saturated carbocycles. The first kappa shape index (κ1) is 19.8. The number of hydrogen-bond donors (Lipinski definition) is 1. The maximum absolute atomic E-state index is 12.5. The lowest BCUT2D eigenvalue weighted by Gasteiger charge is -2.32. The van der Waals surface area contributed by atoms with E-state index >= 15 is 0 Å². The largest absolute Gasteiger partial charge is 0.336 e. The summed E-state index contributed by atoms with van der Waals surface area (Å²) < 4.78 is 0. The molecule has 28 heavy (non-hydrogen) atoms. The number of rotatable bonds is 4. The summed E-state index contributed by atoms with van der Waals surface area (Å²) in [6.07, 6.45) is 0. The summed E-state index contributed by atoms with van der Waals surface area (Å²) in [5.74, 6) is -0.544. The van der Waals surface area contributed by atoms with Crippen molar-refractivity contribution < 1.29 is 14.5 Å². The van der Waals surface area contributed by atoms with Crippen LogP contribution in [0.25, 0.3) is 0 Å². The molecule has 1 N–H and O–H groups in total. The lowest BCUT2D eigenvalue weighted by Crippen LogP contribution is -2.47. The monoisotopic (exact) mass is 402 g/mol. The van der Waals surface area contributed by atoms with Crippen molar-refractivity contribution in [3.05, 3.63) is 68.7 Å². The minimum atomic E-state index is -0.641. The maximum Gasteiger partial charge on any atom is 0.288 e. The standard InChI is InChI=1S/C19H19ClN4O4/c1-22-8-10-23(11-9-22)19(26)13-2-5-15(6-3-13)21-18(25)14-4-7-16(20)17(12-14)24(27)28/h2-7,12H,8-11H2,1H3,(H,21,25). The van der Waals surface area contributed by atoms with Gasteiger partial charge in [0.15, 0.2) is 0 Å². The van der Waals surface area contributed by atoms with E-state index in [1.54, 1.807) is 29.2 Å². The summed E-state index contributed by atoms with van der Waals surface area (Å²) in [5, 5.41) is 13.6. The van der Waals surface area contributed by atoms with Gasteiger partial charge in [0.1, 0.15) is 5.02 Å². The fourth-order valence-corrected chi connectivity index (χ4v) is 3.07. The number of piperazine rings is 1. The summed E-state index contributed by atoms with van der Waals surface area (Å²) in [6.45, 7) is 3.05. The minimum absolute atomic E-state index is 0.0340. The van der Waals surface area contributed by atoms with Crippen molar-refractivity contribution in [2.45, 2.75) is 0 Å². The zero-order valence-corrected chi connectivity index (χ0v) is 16.0. The first-order valence-electron chi connectivity index (χ1n) is 8.68. The lowest BCUT2D eigenvalue weighted by atomic mass is 10.1. The second-order valence-corrected chi connectivity index (χ2v) is 6.96. The van der Waals surface area contributed by atoms with Gasteiger partial charge in [0.25, 0.3) is 17.5 Å². The Morgan fingerprint density at radius 2 is 1.64 bits per heavy atom. The van der Waals surface area contributed by atoms with E-state index < -0.39 is 10.8 Å². The molecule has 0 unspecified atom stereocenters. The first-order valence-corrected chi connectivity index (χ1v) is 9.06. The number of halogens is 1. The van der Waals surface area contributed by atoms with Crippen LogP contribution in [-0.2, 0) is 0 Å². The van der Waals surface area contributed by atoms with Crippen LogP contribution < -0.4 is 5.32 Å². The van der Waals surface area contributed by atoms with Crippen LogP contribution in [0, 0.1) is 10.1 Å². The number of hydrogen-bond acceptors (Lipinski definition) is 5. The van der Waals surface area contributed by atoms with E-state index in [0.29, 0.717) is 24.3 Å². The van der Waals surface area contributed by atoms with Gasteiger partial charge < -0.3 is 15.1 Å². The molecule has 146 valence electrons. The average Bonchev–Trinajstić information content (AvgIpc) is 2.68. The summed E-state index contributed by atoms with van der Waals surface area (Å²) >= 11 is 5.76. The van der Waals surface area contributed by atoms with Gasteiger partial charge >= 0.3 is 0 Å². The number of nitro benzene ring substituents is 1. The van der Waals surface area contributed by atoms with E-state index in [0.717, 1.165) is 19.2 Å². The second kappa shape index (κ2) is 8.37. The van der Waals surface area contributed by atoms with Gasteiger partial charge in [-0.25, -0.2) is 0 Å². The molecule has 1 aliphatic rings. The van der Waals surface area contributed by atoms with Crippen LogP contribution in [0.1, 0.15) is 20.7 Å². The summed E-state index contributed by atoms with van der Waals surface area (Å²) in [7, 11) is 2.02. The third-order valence-corrected chi connectivity index (χ3v) is 4.90. The van der Waals surface area contributed by atoms with Gasteiger partial charge in [0.2, 0.25) is 0 Å². The number of nitro groups is 1. The molecule has 0 bridgehead atoms. The molecule has 0 spiro atoms. The fraction of sp³-hybridized carbons (Fsp3) is 0.263. The number of benzene rings is 2. The highest BCUT2D eigenvalue weighted by Crippen LogP contribution is 2.25. The average molecular weight is 403 g/mol. The Kier molecular flexibility index (Phi) is 5.91. The van der Waals surface area contributed by atoms with Crippen molar-refractivity contribution in [2.24, 2.45) is 0 Å². The molecule has 2 amide bonds. The van der Waals surface area contributed by atoms with Crippen LogP contribution in [0.4, 0.5) is 11.4 Å². The Morgan fingerprint density at radius 3 is 2.25 bits per heavy atom. The number of carbonyl (C=O) groups is 2. The summed E-state index contributed by atoms with van der Waals surface area (Å²) in [5.41, 5.74) is 0.818. The number of likely N-dealkylation sites (N-methyl/N-ethyl adjacent to an activating group) is 1. The minimum Gasteiger partial charge on any atom is -0.336 e. The van der Waals surface area contributed by atoms with E-state index in [9.17, 15) is 19.7 Å². The molecule has 0 radical (unpaired) electrons. The van der Waals surface area contributed by atoms with Crippen LogP contribution >= 0.6 is 11.6 Å². The molecule has 1 aliphatic heterocycles. The SMILES string of the molecule is CN1CCN(C(=O)c2ccc(NC(=O)c3ccc(Cl)c([N+](=O)[O-])c3)cc2)CC1. The van der Waals surface area contributed by atoms with E-state index in [2.05, 4.69) is 10.2 Å². The third kappa shape index (κ3) is 4.47. The van der Waals surface area contributed by atoms with Crippen molar-refractivity contribution in [1.29, 1.82) is 0 Å². The van der Waals surface area contributed by atoms with Gasteiger partial charge in [-0.05, 0) is 43.4 Å². The predicted octanol–water partition coefficient (Wildman–Crippen LogP) is 2.89. The van der Waals surface area contributed by atoms with Crippen molar-refractivity contribution in [2.75, 3.05) is 38.5 Å². The quantitative estimate of drug-likeness (QED) is 0.626. The molecule has 1 saturated heterocycles.